The summed E-state index contributed by atoms with van der Waals surface area (Å²) in [5.41, 5.74) is 0.869. The van der Waals surface area contributed by atoms with E-state index in [2.05, 4.69) is 24.2 Å². The summed E-state index contributed by atoms with van der Waals surface area (Å²) in [5.74, 6) is 3.45. The zero-order chi connectivity index (χ0) is 21.9. The molecule has 1 aromatic rings. The molecule has 0 unspecified atom stereocenters. The molecule has 154 valence electrons. The van der Waals surface area contributed by atoms with Gasteiger partial charge in [0.05, 0.1) is 32.4 Å². The molecule has 0 heterocycles. The number of hydrogen-bond acceptors (Lipinski definition) is 7. The van der Waals surface area contributed by atoms with Crippen LogP contribution in [0.1, 0.15) is 24.2 Å². The lowest BCUT2D eigenvalue weighted by molar-refractivity contribution is -0.169. The minimum absolute atomic E-state index is 0.0662. The molecule has 0 bridgehead atoms. The van der Waals surface area contributed by atoms with Gasteiger partial charge in [0.15, 0.2) is 0 Å². The highest BCUT2D eigenvalue weighted by atomic mass is 16.6. The molecule has 29 heavy (non-hydrogen) atoms. The number of likely N-dealkylation sites (N-methyl/N-ethyl adjacent to an activating group) is 1. The number of carbonyl (C=O) groups is 3. The molecule has 0 aliphatic rings. The lowest BCUT2D eigenvalue weighted by Crippen LogP contribution is -2.59. The van der Waals surface area contributed by atoms with Gasteiger partial charge < -0.3 is 14.2 Å². The van der Waals surface area contributed by atoms with Gasteiger partial charge in [0, 0.05) is 6.08 Å². The lowest BCUT2D eigenvalue weighted by Gasteiger charge is -2.33. The number of Topliss-reactive ketones (excluding diaryl/α,β-unsaturated/α-hetero) is 1. The maximum atomic E-state index is 12.6. The molecule has 1 aromatic carbocycles. The molecule has 0 aliphatic heterocycles. The van der Waals surface area contributed by atoms with Gasteiger partial charge in [-0.25, -0.2) is 9.59 Å². The second-order valence-corrected chi connectivity index (χ2v) is 5.74. The van der Waals surface area contributed by atoms with Crippen LogP contribution >= 0.6 is 0 Å². The summed E-state index contributed by atoms with van der Waals surface area (Å²) in [6.07, 6.45) is 1.17. The van der Waals surface area contributed by atoms with E-state index in [0.29, 0.717) is 11.3 Å². The largest absolute Gasteiger partial charge is 0.496 e. The van der Waals surface area contributed by atoms with Crippen molar-refractivity contribution in [2.45, 2.75) is 19.4 Å². The average molecular weight is 399 g/mol. The predicted molar refractivity (Wildman–Crippen MR) is 107 cm³/mol. The first-order chi connectivity index (χ1) is 13.9. The van der Waals surface area contributed by atoms with Crippen molar-refractivity contribution in [1.82, 2.24) is 4.90 Å². The Morgan fingerprint density at radius 1 is 1.14 bits per heavy atom. The normalized spacial score (nSPS) is 10.2. The van der Waals surface area contributed by atoms with E-state index in [1.165, 1.54) is 25.1 Å². The topological polar surface area (TPSA) is 82.1 Å². The van der Waals surface area contributed by atoms with Crippen LogP contribution in [0.25, 0.3) is 0 Å². The van der Waals surface area contributed by atoms with E-state index >= 15 is 0 Å². The van der Waals surface area contributed by atoms with E-state index in [4.69, 9.17) is 14.2 Å². The van der Waals surface area contributed by atoms with Crippen LogP contribution in [-0.2, 0) is 19.1 Å². The Morgan fingerprint density at radius 3 is 2.24 bits per heavy atom. The number of methoxy groups -OCH3 is 1. The Morgan fingerprint density at radius 2 is 1.72 bits per heavy atom. The van der Waals surface area contributed by atoms with Crippen LogP contribution in [-0.4, -0.2) is 62.1 Å². The standard InChI is InChI=1S/C22H25NO6/c1-6-15-22(20(25)28-7-2,21(26)29-8-3)23(4)16-11-13-18(24)17-12-9-10-14-19(17)27-5/h9-10,12,14-15H,1,7-8,16H2,2-5H3. The molecule has 1 rings (SSSR count). The fourth-order valence-electron chi connectivity index (χ4n) is 2.52. The van der Waals surface area contributed by atoms with Crippen molar-refractivity contribution in [3.8, 4) is 17.6 Å². The zero-order valence-electron chi connectivity index (χ0n) is 17.1. The van der Waals surface area contributed by atoms with E-state index in [9.17, 15) is 14.4 Å². The summed E-state index contributed by atoms with van der Waals surface area (Å²) >= 11 is 0. The summed E-state index contributed by atoms with van der Waals surface area (Å²) in [6.45, 7) is 6.73. The minimum Gasteiger partial charge on any atom is -0.496 e. The van der Waals surface area contributed by atoms with Crippen molar-refractivity contribution < 1.29 is 28.6 Å². The molecule has 0 amide bonds. The van der Waals surface area contributed by atoms with Crippen LogP contribution in [0.2, 0.25) is 0 Å². The van der Waals surface area contributed by atoms with Crippen LogP contribution in [0, 0.1) is 11.8 Å². The van der Waals surface area contributed by atoms with Crippen LogP contribution in [0.3, 0.4) is 0 Å². The highest BCUT2D eigenvalue weighted by molar-refractivity contribution is 6.11. The number of para-hydroxylation sites is 1. The lowest BCUT2D eigenvalue weighted by atomic mass is 9.97. The van der Waals surface area contributed by atoms with E-state index < -0.39 is 23.3 Å². The molecule has 0 atom stereocenters. The first kappa shape index (κ1) is 23.7. The Labute approximate surface area is 170 Å². The van der Waals surface area contributed by atoms with Crippen LogP contribution in [0.15, 0.2) is 42.7 Å². The number of benzene rings is 1. The van der Waals surface area contributed by atoms with Gasteiger partial charge in [-0.2, -0.15) is 0 Å². The molecule has 0 fully saturated rings. The fraction of sp³-hybridized carbons (Fsp3) is 0.364. The highest BCUT2D eigenvalue weighted by Gasteiger charge is 2.50. The Kier molecular flexibility index (Phi) is 9.40. The molecular weight excluding hydrogens is 374 g/mol. The number of nitrogens with zero attached hydrogens (tertiary/aromatic N) is 1. The monoisotopic (exact) mass is 399 g/mol. The van der Waals surface area contributed by atoms with Gasteiger partial charge in [0.2, 0.25) is 11.3 Å². The van der Waals surface area contributed by atoms with Gasteiger partial charge in [0.25, 0.3) is 0 Å². The predicted octanol–water partition coefficient (Wildman–Crippen LogP) is 2.02. The molecule has 7 heteroatoms. The van der Waals surface area contributed by atoms with E-state index in [0.717, 1.165) is 0 Å². The van der Waals surface area contributed by atoms with Gasteiger partial charge in [-0.15, -0.1) is 5.73 Å². The number of esters is 2. The molecule has 0 N–H and O–H groups in total. The second-order valence-electron chi connectivity index (χ2n) is 5.74. The number of ketones is 1. The van der Waals surface area contributed by atoms with Crippen molar-refractivity contribution in [2.24, 2.45) is 0 Å². The number of ether oxygens (including phenoxy) is 3. The Hall–Kier alpha value is -3.33. The maximum Gasteiger partial charge on any atom is 0.343 e. The van der Waals surface area contributed by atoms with Crippen LogP contribution in [0.4, 0.5) is 0 Å². The van der Waals surface area contributed by atoms with Gasteiger partial charge >= 0.3 is 11.9 Å². The fourth-order valence-corrected chi connectivity index (χ4v) is 2.52. The van der Waals surface area contributed by atoms with E-state index in [1.807, 2.05) is 0 Å². The third-order valence-electron chi connectivity index (χ3n) is 3.96. The molecule has 0 radical (unpaired) electrons. The summed E-state index contributed by atoms with van der Waals surface area (Å²) in [4.78, 5) is 38.9. The van der Waals surface area contributed by atoms with Gasteiger partial charge in [-0.1, -0.05) is 24.6 Å². The Bertz CT molecular complexity index is 840. The number of carbonyl (C=O) groups excluding carboxylic acids is 3. The quantitative estimate of drug-likeness (QED) is 0.157. The van der Waals surface area contributed by atoms with E-state index in [-0.39, 0.29) is 19.8 Å². The second kappa shape index (κ2) is 11.5. The first-order valence-corrected chi connectivity index (χ1v) is 8.97. The van der Waals surface area contributed by atoms with Crippen LogP contribution < -0.4 is 4.74 Å². The smallest absolute Gasteiger partial charge is 0.343 e. The molecule has 0 saturated carbocycles. The molecule has 0 spiro atoms. The van der Waals surface area contributed by atoms with Crippen molar-refractivity contribution in [3.63, 3.8) is 0 Å². The highest BCUT2D eigenvalue weighted by Crippen LogP contribution is 2.21. The molecule has 7 nitrogen and oxygen atoms in total. The summed E-state index contributed by atoms with van der Waals surface area (Å²) in [6, 6.07) is 6.69. The Balaban J connectivity index is 3.19. The third-order valence-corrected chi connectivity index (χ3v) is 3.96. The average Bonchev–Trinajstić information content (AvgIpc) is 2.71. The minimum atomic E-state index is -1.91. The third kappa shape index (κ3) is 5.58. The van der Waals surface area contributed by atoms with Gasteiger partial charge in [0.1, 0.15) is 5.75 Å². The maximum absolute atomic E-state index is 12.6. The number of rotatable bonds is 9. The molecular formula is C22H25NO6. The van der Waals surface area contributed by atoms with E-state index in [1.54, 1.807) is 38.1 Å². The molecule has 0 saturated heterocycles. The van der Waals surface area contributed by atoms with Crippen molar-refractivity contribution in [2.75, 3.05) is 33.9 Å². The van der Waals surface area contributed by atoms with Crippen molar-refractivity contribution in [1.29, 1.82) is 0 Å². The summed E-state index contributed by atoms with van der Waals surface area (Å²) in [7, 11) is 2.95. The number of hydrogen-bond donors (Lipinski definition) is 0. The zero-order valence-corrected chi connectivity index (χ0v) is 17.1. The SMILES string of the molecule is C=C=CC(C(=O)OCC)(C(=O)OCC)N(C)CC#CC(=O)c1ccccc1OC. The van der Waals surface area contributed by atoms with Crippen molar-refractivity contribution >= 4 is 17.7 Å². The van der Waals surface area contributed by atoms with Gasteiger partial charge in [-0.05, 0) is 38.9 Å². The van der Waals surface area contributed by atoms with Crippen molar-refractivity contribution in [3.05, 3.63) is 48.2 Å². The molecule has 0 aliphatic carbocycles. The molecule has 0 aromatic heterocycles. The first-order valence-electron chi connectivity index (χ1n) is 8.97. The summed E-state index contributed by atoms with van der Waals surface area (Å²) in [5, 5.41) is 0. The van der Waals surface area contributed by atoms with Gasteiger partial charge in [-0.3, -0.25) is 9.69 Å². The van der Waals surface area contributed by atoms with Crippen LogP contribution in [0.5, 0.6) is 5.75 Å². The summed E-state index contributed by atoms with van der Waals surface area (Å²) < 4.78 is 15.3.